The minimum absolute atomic E-state index is 0.118. The monoisotopic (exact) mass is 265 g/mol. The van der Waals surface area contributed by atoms with Gasteiger partial charge in [0.25, 0.3) is 0 Å². The van der Waals surface area contributed by atoms with Gasteiger partial charge in [-0.25, -0.2) is 4.79 Å². The Labute approximate surface area is 112 Å². The molecule has 1 N–H and O–H groups in total. The molecule has 5 heteroatoms. The second kappa shape index (κ2) is 6.43. The maximum atomic E-state index is 11.2. The summed E-state index contributed by atoms with van der Waals surface area (Å²) in [4.78, 5) is 11.2. The van der Waals surface area contributed by atoms with Crippen molar-refractivity contribution in [1.29, 1.82) is 0 Å². The number of para-hydroxylation sites is 1. The van der Waals surface area contributed by atoms with Gasteiger partial charge in [-0.05, 0) is 18.9 Å². The molecule has 0 spiro atoms. The highest BCUT2D eigenvalue weighted by Crippen LogP contribution is 2.31. The van der Waals surface area contributed by atoms with Gasteiger partial charge in [-0.15, -0.1) is 0 Å². The predicted molar refractivity (Wildman–Crippen MR) is 70.4 cm³/mol. The van der Waals surface area contributed by atoms with E-state index >= 15 is 0 Å². The first-order valence-electron chi connectivity index (χ1n) is 6.33. The average Bonchev–Trinajstić information content (AvgIpc) is 3.26. The van der Waals surface area contributed by atoms with E-state index in [4.69, 9.17) is 9.47 Å². The zero-order chi connectivity index (χ0) is 13.7. The van der Waals surface area contributed by atoms with Crippen molar-refractivity contribution in [3.05, 3.63) is 23.8 Å². The summed E-state index contributed by atoms with van der Waals surface area (Å²) < 4.78 is 15.4. The Bertz CT molecular complexity index is 443. The Hall–Kier alpha value is -1.75. The first kappa shape index (κ1) is 13.7. The largest absolute Gasteiger partial charge is 0.493 e. The maximum absolute atomic E-state index is 11.2. The minimum atomic E-state index is -0.410. The lowest BCUT2D eigenvalue weighted by Gasteiger charge is -2.14. The summed E-state index contributed by atoms with van der Waals surface area (Å²) in [7, 11) is 2.92. The first-order valence-corrected chi connectivity index (χ1v) is 6.33. The quantitative estimate of drug-likeness (QED) is 0.757. The molecule has 19 heavy (non-hydrogen) atoms. The van der Waals surface area contributed by atoms with Crippen LogP contribution in [0.15, 0.2) is 18.2 Å². The summed E-state index contributed by atoms with van der Waals surface area (Å²) in [6, 6.07) is 6.30. The predicted octanol–water partition coefficient (Wildman–Crippen LogP) is 1.50. The van der Waals surface area contributed by atoms with Crippen LogP contribution in [0.3, 0.4) is 0 Å². The summed E-state index contributed by atoms with van der Waals surface area (Å²) in [6.07, 6.45) is 2.45. The summed E-state index contributed by atoms with van der Waals surface area (Å²) in [5, 5.41) is 3.41. The van der Waals surface area contributed by atoms with Gasteiger partial charge in [-0.1, -0.05) is 12.1 Å². The molecule has 0 heterocycles. The van der Waals surface area contributed by atoms with E-state index < -0.39 is 5.97 Å². The molecule has 104 valence electrons. The molecule has 1 aromatic rings. The molecular weight excluding hydrogens is 246 g/mol. The first-order chi connectivity index (χ1) is 9.24. The Balaban J connectivity index is 2.07. The number of hydrogen-bond donors (Lipinski definition) is 1. The van der Waals surface area contributed by atoms with Crippen LogP contribution in [0.4, 0.5) is 0 Å². The molecule has 0 aliphatic heterocycles. The van der Waals surface area contributed by atoms with Crippen LogP contribution in [0.1, 0.15) is 18.4 Å². The van der Waals surface area contributed by atoms with E-state index in [1.54, 1.807) is 7.11 Å². The van der Waals surface area contributed by atoms with Crippen molar-refractivity contribution < 1.29 is 19.0 Å². The lowest BCUT2D eigenvalue weighted by Crippen LogP contribution is -2.18. The molecule has 0 aromatic heterocycles. The summed E-state index contributed by atoms with van der Waals surface area (Å²) in [6.45, 7) is 0.589. The number of rotatable bonds is 7. The third-order valence-electron chi connectivity index (χ3n) is 3.00. The van der Waals surface area contributed by atoms with Crippen LogP contribution in [-0.4, -0.2) is 32.8 Å². The highest BCUT2D eigenvalue weighted by atomic mass is 16.6. The van der Waals surface area contributed by atoms with Gasteiger partial charge in [-0.3, -0.25) is 0 Å². The molecule has 1 fully saturated rings. The highest BCUT2D eigenvalue weighted by Gasteiger charge is 2.21. The average molecular weight is 265 g/mol. The number of carbonyl (C=O) groups is 1. The molecule has 1 aliphatic rings. The molecule has 1 saturated carbocycles. The number of hydrogen-bond acceptors (Lipinski definition) is 5. The standard InChI is InChI=1S/C14H19NO4/c1-17-12-5-3-4-10(8-15-11-6-7-11)14(12)19-9-13(16)18-2/h3-5,11,15H,6-9H2,1-2H3. The van der Waals surface area contributed by atoms with Crippen molar-refractivity contribution in [3.8, 4) is 11.5 Å². The third-order valence-corrected chi connectivity index (χ3v) is 3.00. The number of ether oxygens (including phenoxy) is 3. The van der Waals surface area contributed by atoms with Gasteiger partial charge in [-0.2, -0.15) is 0 Å². The smallest absolute Gasteiger partial charge is 0.343 e. The number of esters is 1. The van der Waals surface area contributed by atoms with Crippen LogP contribution in [-0.2, 0) is 16.1 Å². The molecule has 1 aliphatic carbocycles. The molecule has 5 nitrogen and oxygen atoms in total. The minimum Gasteiger partial charge on any atom is -0.493 e. The van der Waals surface area contributed by atoms with Gasteiger partial charge in [0, 0.05) is 18.2 Å². The normalized spacial score (nSPS) is 14.0. The molecule has 1 aromatic carbocycles. The van der Waals surface area contributed by atoms with Crippen molar-refractivity contribution in [3.63, 3.8) is 0 Å². The van der Waals surface area contributed by atoms with Crippen molar-refractivity contribution in [2.75, 3.05) is 20.8 Å². The fourth-order valence-electron chi connectivity index (χ4n) is 1.76. The van der Waals surface area contributed by atoms with Crippen molar-refractivity contribution in [1.82, 2.24) is 5.32 Å². The van der Waals surface area contributed by atoms with Gasteiger partial charge in [0.05, 0.1) is 14.2 Å². The molecule has 0 bridgehead atoms. The lowest BCUT2D eigenvalue weighted by atomic mass is 10.2. The van der Waals surface area contributed by atoms with E-state index in [0.29, 0.717) is 24.1 Å². The van der Waals surface area contributed by atoms with Crippen LogP contribution < -0.4 is 14.8 Å². The highest BCUT2D eigenvalue weighted by molar-refractivity contribution is 5.71. The molecule has 0 saturated heterocycles. The zero-order valence-electron chi connectivity index (χ0n) is 11.3. The summed E-state index contributed by atoms with van der Waals surface area (Å²) in [5.41, 5.74) is 0.982. The maximum Gasteiger partial charge on any atom is 0.343 e. The Morgan fingerprint density at radius 2 is 2.16 bits per heavy atom. The Kier molecular flexibility index (Phi) is 4.63. The number of methoxy groups -OCH3 is 2. The second-order valence-electron chi connectivity index (χ2n) is 4.47. The van der Waals surface area contributed by atoms with Crippen molar-refractivity contribution in [2.45, 2.75) is 25.4 Å². The van der Waals surface area contributed by atoms with Gasteiger partial charge < -0.3 is 19.5 Å². The summed E-state index contributed by atoms with van der Waals surface area (Å²) >= 11 is 0. The van der Waals surface area contributed by atoms with Gasteiger partial charge in [0.15, 0.2) is 18.1 Å². The van der Waals surface area contributed by atoms with E-state index in [0.717, 1.165) is 5.56 Å². The molecule has 0 unspecified atom stereocenters. The fourth-order valence-corrected chi connectivity index (χ4v) is 1.76. The Morgan fingerprint density at radius 1 is 1.37 bits per heavy atom. The van der Waals surface area contributed by atoms with Crippen LogP contribution >= 0.6 is 0 Å². The SMILES string of the molecule is COC(=O)COc1c(CNC2CC2)cccc1OC. The van der Waals surface area contributed by atoms with E-state index in [1.807, 2.05) is 18.2 Å². The molecule has 0 atom stereocenters. The number of nitrogens with one attached hydrogen (secondary N) is 1. The fraction of sp³-hybridized carbons (Fsp3) is 0.500. The van der Waals surface area contributed by atoms with Gasteiger partial charge >= 0.3 is 5.97 Å². The topological polar surface area (TPSA) is 56.8 Å². The second-order valence-corrected chi connectivity index (χ2v) is 4.47. The van der Waals surface area contributed by atoms with Crippen LogP contribution in [0.5, 0.6) is 11.5 Å². The summed E-state index contributed by atoms with van der Waals surface area (Å²) in [5.74, 6) is 0.814. The molecule has 0 radical (unpaired) electrons. The number of carbonyl (C=O) groups excluding carboxylic acids is 1. The zero-order valence-corrected chi connectivity index (χ0v) is 11.3. The van der Waals surface area contributed by atoms with E-state index in [1.165, 1.54) is 20.0 Å². The van der Waals surface area contributed by atoms with Gasteiger partial charge in [0.1, 0.15) is 0 Å². The van der Waals surface area contributed by atoms with Crippen molar-refractivity contribution in [2.24, 2.45) is 0 Å². The Morgan fingerprint density at radius 3 is 2.79 bits per heavy atom. The van der Waals surface area contributed by atoms with E-state index in [-0.39, 0.29) is 6.61 Å². The number of benzene rings is 1. The van der Waals surface area contributed by atoms with Crippen LogP contribution in [0.2, 0.25) is 0 Å². The molecule has 2 rings (SSSR count). The van der Waals surface area contributed by atoms with Crippen molar-refractivity contribution >= 4 is 5.97 Å². The molecule has 0 amide bonds. The third kappa shape index (κ3) is 3.86. The van der Waals surface area contributed by atoms with Crippen LogP contribution in [0, 0.1) is 0 Å². The van der Waals surface area contributed by atoms with Gasteiger partial charge in [0.2, 0.25) is 0 Å². The van der Waals surface area contributed by atoms with Crippen LogP contribution in [0.25, 0.3) is 0 Å². The van der Waals surface area contributed by atoms with E-state index in [9.17, 15) is 4.79 Å². The van der Waals surface area contributed by atoms with E-state index in [2.05, 4.69) is 10.1 Å². The lowest BCUT2D eigenvalue weighted by molar-refractivity contribution is -0.142. The molecular formula is C14H19NO4.